The fourth-order valence-corrected chi connectivity index (χ4v) is 1.17. The summed E-state index contributed by atoms with van der Waals surface area (Å²) in [6.07, 6.45) is 0. The van der Waals surface area contributed by atoms with E-state index in [1.165, 1.54) is 0 Å². The van der Waals surface area contributed by atoms with Crippen LogP contribution in [-0.4, -0.2) is 15.0 Å². The van der Waals surface area contributed by atoms with E-state index < -0.39 is 0 Å². The Morgan fingerprint density at radius 2 is 2.25 bits per heavy atom. The first-order valence-electron chi connectivity index (χ1n) is 3.52. The molecule has 0 bridgehead atoms. The summed E-state index contributed by atoms with van der Waals surface area (Å²) in [5.74, 6) is 0.145. The highest BCUT2D eigenvalue weighted by Gasteiger charge is 2.03. The highest BCUT2D eigenvalue weighted by molar-refractivity contribution is 5.75. The number of nitrogens with two attached hydrogens (primary N) is 1. The number of aromatic nitrogens is 3. The van der Waals surface area contributed by atoms with Gasteiger partial charge in [0.2, 0.25) is 5.95 Å². The largest absolute Gasteiger partial charge is 0.369 e. The Labute approximate surface area is 67.6 Å². The Kier molecular flexibility index (Phi) is 1.21. The fraction of sp³-hybridized carbons (Fsp3) is 0.143. The van der Waals surface area contributed by atoms with Gasteiger partial charge in [-0.1, -0.05) is 0 Å². The Morgan fingerprint density at radius 1 is 1.50 bits per heavy atom. The molecule has 2 rings (SSSR count). The number of aromatic amines is 2. The van der Waals surface area contributed by atoms with E-state index in [2.05, 4.69) is 15.0 Å². The molecule has 0 aromatic carbocycles. The van der Waals surface area contributed by atoms with Crippen molar-refractivity contribution in [2.75, 3.05) is 5.73 Å². The van der Waals surface area contributed by atoms with Crippen molar-refractivity contribution >= 4 is 17.0 Å². The highest BCUT2D eigenvalue weighted by atomic mass is 16.1. The van der Waals surface area contributed by atoms with Gasteiger partial charge in [0.15, 0.2) is 0 Å². The standard InChI is InChI=1S/C7H8N4O/c1-3-2-4-5(9-3)6(12)11-7(8)10-4/h2,9H,1H3,(H3,8,10,11,12). The maximum absolute atomic E-state index is 11.2. The summed E-state index contributed by atoms with van der Waals surface area (Å²) in [5.41, 5.74) is 7.10. The average Bonchev–Trinajstić information content (AvgIpc) is 2.29. The van der Waals surface area contributed by atoms with E-state index in [0.29, 0.717) is 11.0 Å². The topological polar surface area (TPSA) is 87.6 Å². The molecule has 0 aliphatic heterocycles. The molecular weight excluding hydrogens is 156 g/mol. The van der Waals surface area contributed by atoms with Crippen LogP contribution >= 0.6 is 0 Å². The molecule has 0 radical (unpaired) electrons. The van der Waals surface area contributed by atoms with Crippen LogP contribution < -0.4 is 11.3 Å². The van der Waals surface area contributed by atoms with Gasteiger partial charge in [-0.15, -0.1) is 0 Å². The van der Waals surface area contributed by atoms with Gasteiger partial charge in [0.25, 0.3) is 5.56 Å². The molecule has 5 nitrogen and oxygen atoms in total. The van der Waals surface area contributed by atoms with Crippen molar-refractivity contribution in [2.24, 2.45) is 0 Å². The van der Waals surface area contributed by atoms with Crippen molar-refractivity contribution in [1.29, 1.82) is 0 Å². The van der Waals surface area contributed by atoms with E-state index in [4.69, 9.17) is 5.73 Å². The summed E-state index contributed by atoms with van der Waals surface area (Å²) in [5, 5.41) is 0. The van der Waals surface area contributed by atoms with Crippen LogP contribution in [-0.2, 0) is 0 Å². The van der Waals surface area contributed by atoms with Crippen LogP contribution in [0.1, 0.15) is 5.69 Å². The van der Waals surface area contributed by atoms with E-state index in [-0.39, 0.29) is 11.5 Å². The number of anilines is 1. The fourth-order valence-electron chi connectivity index (χ4n) is 1.17. The summed E-state index contributed by atoms with van der Waals surface area (Å²) in [4.78, 5) is 20.5. The second-order valence-corrected chi connectivity index (χ2v) is 2.66. The zero-order valence-corrected chi connectivity index (χ0v) is 6.51. The van der Waals surface area contributed by atoms with Gasteiger partial charge < -0.3 is 10.7 Å². The van der Waals surface area contributed by atoms with Crippen molar-refractivity contribution in [3.8, 4) is 0 Å². The molecule has 5 heteroatoms. The van der Waals surface area contributed by atoms with Gasteiger partial charge in [-0.05, 0) is 13.0 Å². The molecule has 2 aromatic rings. The molecule has 0 unspecified atom stereocenters. The molecule has 62 valence electrons. The van der Waals surface area contributed by atoms with Crippen molar-refractivity contribution in [1.82, 2.24) is 15.0 Å². The predicted molar refractivity (Wildman–Crippen MR) is 45.9 cm³/mol. The van der Waals surface area contributed by atoms with Gasteiger partial charge in [-0.25, -0.2) is 4.98 Å². The average molecular weight is 164 g/mol. The number of nitrogens with one attached hydrogen (secondary N) is 2. The predicted octanol–water partition coefficient (Wildman–Crippen LogP) is 0.142. The molecule has 0 aliphatic rings. The summed E-state index contributed by atoms with van der Waals surface area (Å²) >= 11 is 0. The van der Waals surface area contributed by atoms with Crippen LogP contribution in [0.2, 0.25) is 0 Å². The van der Waals surface area contributed by atoms with Crippen LogP contribution in [0.3, 0.4) is 0 Å². The first-order valence-corrected chi connectivity index (χ1v) is 3.52. The van der Waals surface area contributed by atoms with Gasteiger partial charge in [-0.2, -0.15) is 0 Å². The molecule has 0 amide bonds. The summed E-state index contributed by atoms with van der Waals surface area (Å²) in [6.45, 7) is 1.86. The van der Waals surface area contributed by atoms with Crippen LogP contribution in [0.15, 0.2) is 10.9 Å². The van der Waals surface area contributed by atoms with E-state index in [1.54, 1.807) is 6.07 Å². The molecule has 0 aliphatic carbocycles. The van der Waals surface area contributed by atoms with Crippen molar-refractivity contribution < 1.29 is 0 Å². The summed E-state index contributed by atoms with van der Waals surface area (Å²) < 4.78 is 0. The van der Waals surface area contributed by atoms with E-state index >= 15 is 0 Å². The van der Waals surface area contributed by atoms with Crippen molar-refractivity contribution in [3.63, 3.8) is 0 Å². The van der Waals surface area contributed by atoms with Gasteiger partial charge in [-0.3, -0.25) is 9.78 Å². The lowest BCUT2D eigenvalue weighted by Crippen LogP contribution is -2.10. The molecular formula is C7H8N4O. The zero-order valence-electron chi connectivity index (χ0n) is 6.51. The zero-order chi connectivity index (χ0) is 8.72. The molecule has 4 N–H and O–H groups in total. The SMILES string of the molecule is Cc1cc2nc(N)[nH]c(=O)c2[nH]1. The van der Waals surface area contributed by atoms with Crippen LogP contribution in [0.5, 0.6) is 0 Å². The van der Waals surface area contributed by atoms with Gasteiger partial charge >= 0.3 is 0 Å². The number of nitrogens with zero attached hydrogens (tertiary/aromatic N) is 1. The van der Waals surface area contributed by atoms with Crippen LogP contribution in [0.4, 0.5) is 5.95 Å². The van der Waals surface area contributed by atoms with Crippen LogP contribution in [0, 0.1) is 6.92 Å². The third-order valence-electron chi connectivity index (χ3n) is 1.64. The Balaban J connectivity index is 2.98. The summed E-state index contributed by atoms with van der Waals surface area (Å²) in [6, 6.07) is 1.78. The molecule has 2 heterocycles. The monoisotopic (exact) mass is 164 g/mol. The number of aryl methyl sites for hydroxylation is 1. The lowest BCUT2D eigenvalue weighted by molar-refractivity contribution is 1.17. The molecule has 0 saturated carbocycles. The number of rotatable bonds is 0. The van der Waals surface area contributed by atoms with Crippen molar-refractivity contribution in [3.05, 3.63) is 22.1 Å². The molecule has 0 fully saturated rings. The summed E-state index contributed by atoms with van der Waals surface area (Å²) in [7, 11) is 0. The Morgan fingerprint density at radius 3 is 3.00 bits per heavy atom. The third-order valence-corrected chi connectivity index (χ3v) is 1.64. The second-order valence-electron chi connectivity index (χ2n) is 2.66. The Bertz CT molecular complexity index is 482. The number of H-pyrrole nitrogens is 2. The minimum atomic E-state index is -0.231. The number of hydrogen-bond donors (Lipinski definition) is 3. The van der Waals surface area contributed by atoms with Gasteiger partial charge in [0.05, 0.1) is 5.52 Å². The lowest BCUT2D eigenvalue weighted by Gasteiger charge is -1.90. The molecule has 0 saturated heterocycles. The Hall–Kier alpha value is -1.78. The molecule has 0 spiro atoms. The molecule has 12 heavy (non-hydrogen) atoms. The normalized spacial score (nSPS) is 10.8. The maximum Gasteiger partial charge on any atom is 0.276 e. The third kappa shape index (κ3) is 0.868. The second kappa shape index (κ2) is 2.10. The minimum Gasteiger partial charge on any atom is -0.369 e. The van der Waals surface area contributed by atoms with E-state index in [1.807, 2.05) is 6.92 Å². The molecule has 0 atom stereocenters. The molecule has 2 aromatic heterocycles. The highest BCUT2D eigenvalue weighted by Crippen LogP contribution is 2.07. The minimum absolute atomic E-state index is 0.145. The van der Waals surface area contributed by atoms with E-state index in [0.717, 1.165) is 5.69 Å². The quantitative estimate of drug-likeness (QED) is 0.517. The van der Waals surface area contributed by atoms with E-state index in [9.17, 15) is 4.79 Å². The van der Waals surface area contributed by atoms with Gasteiger partial charge in [0, 0.05) is 5.69 Å². The number of hydrogen-bond acceptors (Lipinski definition) is 3. The van der Waals surface area contributed by atoms with Crippen LogP contribution in [0.25, 0.3) is 11.0 Å². The first kappa shape index (κ1) is 6.90. The number of fused-ring (bicyclic) bond motifs is 1. The number of nitrogen functional groups attached to an aromatic ring is 1. The smallest absolute Gasteiger partial charge is 0.276 e. The van der Waals surface area contributed by atoms with Gasteiger partial charge in [0.1, 0.15) is 5.52 Å². The maximum atomic E-state index is 11.2. The van der Waals surface area contributed by atoms with Crippen molar-refractivity contribution in [2.45, 2.75) is 6.92 Å². The lowest BCUT2D eigenvalue weighted by atomic mass is 10.4. The first-order chi connectivity index (χ1) is 5.66.